The average molecular weight is 389 g/mol. The smallest absolute Gasteiger partial charge is 0.204 e. The minimum atomic E-state index is 0.601. The molecule has 2 aromatic heterocycles. The molecule has 0 radical (unpaired) electrons. The molecule has 0 saturated carbocycles. The predicted octanol–water partition coefficient (Wildman–Crippen LogP) is 5.09. The molecule has 5 nitrogen and oxygen atoms in total. The Morgan fingerprint density at radius 1 is 0.733 bits per heavy atom. The Labute approximate surface area is 174 Å². The fourth-order valence-electron chi connectivity index (χ4n) is 4.47. The van der Waals surface area contributed by atoms with Crippen LogP contribution in [0.15, 0.2) is 84.9 Å². The number of fused-ring (bicyclic) bond motifs is 3. The van der Waals surface area contributed by atoms with E-state index in [0.717, 1.165) is 24.1 Å². The maximum Gasteiger partial charge on any atom is 0.204 e. The lowest BCUT2D eigenvalue weighted by Crippen LogP contribution is -2.08. The third kappa shape index (κ3) is 2.67. The van der Waals surface area contributed by atoms with Gasteiger partial charge in [-0.15, -0.1) is 10.2 Å². The van der Waals surface area contributed by atoms with Gasteiger partial charge in [0.1, 0.15) is 0 Å². The van der Waals surface area contributed by atoms with E-state index in [1.165, 1.54) is 33.6 Å². The Morgan fingerprint density at radius 3 is 2.43 bits per heavy atom. The summed E-state index contributed by atoms with van der Waals surface area (Å²) in [6, 6.07) is 30.0. The summed E-state index contributed by atoms with van der Waals surface area (Å²) in [6.07, 6.45) is 2.05. The number of nitrogens with zero attached hydrogens (tertiary/aromatic N) is 4. The first kappa shape index (κ1) is 16.9. The molecule has 1 N–H and O–H groups in total. The SMILES string of the molecule is c1ccc(-c2cc3c(n2-c2cccc(-c4nn[nH]n4)c2)CCc2ccccc2-3)cc1. The van der Waals surface area contributed by atoms with Crippen LogP contribution in [0.3, 0.4) is 0 Å². The lowest BCUT2D eigenvalue weighted by molar-refractivity contribution is 0.857. The van der Waals surface area contributed by atoms with Gasteiger partial charge in [-0.25, -0.2) is 0 Å². The highest BCUT2D eigenvalue weighted by Gasteiger charge is 2.24. The molecular weight excluding hydrogens is 370 g/mol. The van der Waals surface area contributed by atoms with Crippen LogP contribution >= 0.6 is 0 Å². The average Bonchev–Trinajstić information content (AvgIpc) is 3.48. The molecule has 5 heteroatoms. The molecule has 2 heterocycles. The predicted molar refractivity (Wildman–Crippen MR) is 117 cm³/mol. The number of hydrogen-bond donors (Lipinski definition) is 1. The first-order valence-electron chi connectivity index (χ1n) is 10.1. The number of hydrogen-bond acceptors (Lipinski definition) is 3. The fourth-order valence-corrected chi connectivity index (χ4v) is 4.47. The Bertz CT molecular complexity index is 1330. The number of H-pyrrole nitrogens is 1. The summed E-state index contributed by atoms with van der Waals surface area (Å²) < 4.78 is 2.39. The first-order valence-corrected chi connectivity index (χ1v) is 10.1. The number of benzene rings is 3. The Kier molecular flexibility index (Phi) is 3.84. The highest BCUT2D eigenvalue weighted by Crippen LogP contribution is 2.40. The van der Waals surface area contributed by atoms with Crippen molar-refractivity contribution in [3.05, 3.63) is 96.2 Å². The summed E-state index contributed by atoms with van der Waals surface area (Å²) in [5.74, 6) is 0.601. The summed E-state index contributed by atoms with van der Waals surface area (Å²) in [6.45, 7) is 0. The third-order valence-corrected chi connectivity index (χ3v) is 5.82. The first-order chi connectivity index (χ1) is 14.9. The zero-order chi connectivity index (χ0) is 19.9. The number of aromatic nitrogens is 5. The molecule has 1 aliphatic carbocycles. The molecule has 5 aromatic rings. The van der Waals surface area contributed by atoms with E-state index in [4.69, 9.17) is 0 Å². The Hall–Kier alpha value is -3.99. The van der Waals surface area contributed by atoms with E-state index in [9.17, 15) is 0 Å². The molecular formula is C25H19N5. The molecule has 0 aliphatic heterocycles. The summed E-state index contributed by atoms with van der Waals surface area (Å²) >= 11 is 0. The molecule has 0 amide bonds. The summed E-state index contributed by atoms with van der Waals surface area (Å²) in [4.78, 5) is 0. The van der Waals surface area contributed by atoms with Gasteiger partial charge in [-0.1, -0.05) is 66.7 Å². The highest BCUT2D eigenvalue weighted by atomic mass is 15.5. The van der Waals surface area contributed by atoms with Gasteiger partial charge < -0.3 is 4.57 Å². The summed E-state index contributed by atoms with van der Waals surface area (Å²) in [5.41, 5.74) is 9.87. The van der Waals surface area contributed by atoms with Crippen LogP contribution in [0.5, 0.6) is 0 Å². The van der Waals surface area contributed by atoms with Crippen LogP contribution in [0.2, 0.25) is 0 Å². The van der Waals surface area contributed by atoms with E-state index in [-0.39, 0.29) is 0 Å². The number of tetrazole rings is 1. The van der Waals surface area contributed by atoms with Crippen LogP contribution in [0, 0.1) is 0 Å². The molecule has 144 valence electrons. The van der Waals surface area contributed by atoms with Crippen molar-refractivity contribution in [2.75, 3.05) is 0 Å². The molecule has 3 aromatic carbocycles. The van der Waals surface area contributed by atoms with E-state index < -0.39 is 0 Å². The van der Waals surface area contributed by atoms with Crippen molar-refractivity contribution < 1.29 is 0 Å². The van der Waals surface area contributed by atoms with E-state index >= 15 is 0 Å². The molecule has 30 heavy (non-hydrogen) atoms. The molecule has 6 rings (SSSR count). The van der Waals surface area contributed by atoms with Gasteiger partial charge in [-0.05, 0) is 52.9 Å². The lowest BCUT2D eigenvalue weighted by Gasteiger charge is -2.20. The second kappa shape index (κ2) is 6.81. The number of aromatic amines is 1. The number of aryl methyl sites for hydroxylation is 1. The maximum atomic E-state index is 4.15. The topological polar surface area (TPSA) is 59.4 Å². The monoisotopic (exact) mass is 389 g/mol. The van der Waals surface area contributed by atoms with Crippen LogP contribution < -0.4 is 0 Å². The van der Waals surface area contributed by atoms with Crippen LogP contribution in [-0.4, -0.2) is 25.2 Å². The molecule has 0 unspecified atom stereocenters. The third-order valence-electron chi connectivity index (χ3n) is 5.82. The van der Waals surface area contributed by atoms with Crippen molar-refractivity contribution in [2.45, 2.75) is 12.8 Å². The molecule has 0 saturated heterocycles. The molecule has 0 spiro atoms. The Balaban J connectivity index is 1.61. The van der Waals surface area contributed by atoms with E-state index in [1.807, 2.05) is 6.07 Å². The zero-order valence-electron chi connectivity index (χ0n) is 16.3. The van der Waals surface area contributed by atoms with Gasteiger partial charge in [-0.3, -0.25) is 0 Å². The minimum absolute atomic E-state index is 0.601. The van der Waals surface area contributed by atoms with Crippen molar-refractivity contribution in [1.82, 2.24) is 25.2 Å². The van der Waals surface area contributed by atoms with Crippen molar-refractivity contribution in [3.8, 4) is 39.5 Å². The standard InChI is InChI=1S/C25H19N5/c1-2-8-18(9-3-1)24-16-22-21-12-5-4-7-17(21)13-14-23(22)30(24)20-11-6-10-19(15-20)25-26-28-29-27-25/h1-12,15-16H,13-14H2,(H,26,27,28,29). The Morgan fingerprint density at radius 2 is 1.57 bits per heavy atom. The van der Waals surface area contributed by atoms with E-state index in [1.54, 1.807) is 0 Å². The lowest BCUT2D eigenvalue weighted by atomic mass is 9.90. The van der Waals surface area contributed by atoms with Crippen molar-refractivity contribution >= 4 is 0 Å². The van der Waals surface area contributed by atoms with Gasteiger partial charge in [0.15, 0.2) is 0 Å². The number of nitrogens with one attached hydrogen (secondary N) is 1. The van der Waals surface area contributed by atoms with Crippen molar-refractivity contribution in [3.63, 3.8) is 0 Å². The van der Waals surface area contributed by atoms with E-state index in [2.05, 4.69) is 104 Å². The summed E-state index contributed by atoms with van der Waals surface area (Å²) in [7, 11) is 0. The fraction of sp³-hybridized carbons (Fsp3) is 0.0800. The molecule has 1 aliphatic rings. The van der Waals surface area contributed by atoms with Gasteiger partial charge >= 0.3 is 0 Å². The van der Waals surface area contributed by atoms with Crippen LogP contribution in [0.4, 0.5) is 0 Å². The second-order valence-corrected chi connectivity index (χ2v) is 7.53. The zero-order valence-corrected chi connectivity index (χ0v) is 16.3. The van der Waals surface area contributed by atoms with Gasteiger partial charge in [0.05, 0.1) is 5.69 Å². The molecule has 0 fully saturated rings. The van der Waals surface area contributed by atoms with Gasteiger partial charge in [-0.2, -0.15) is 5.21 Å². The largest absolute Gasteiger partial charge is 0.313 e. The normalized spacial score (nSPS) is 12.4. The summed E-state index contributed by atoms with van der Waals surface area (Å²) in [5, 5.41) is 14.6. The molecule has 0 atom stereocenters. The highest BCUT2D eigenvalue weighted by molar-refractivity contribution is 5.80. The quantitative estimate of drug-likeness (QED) is 0.468. The van der Waals surface area contributed by atoms with Gasteiger partial charge in [0.25, 0.3) is 0 Å². The van der Waals surface area contributed by atoms with E-state index in [0.29, 0.717) is 5.82 Å². The van der Waals surface area contributed by atoms with Crippen LogP contribution in [-0.2, 0) is 12.8 Å². The van der Waals surface area contributed by atoms with Crippen molar-refractivity contribution in [2.24, 2.45) is 0 Å². The maximum absolute atomic E-state index is 4.15. The molecule has 0 bridgehead atoms. The van der Waals surface area contributed by atoms with Crippen LogP contribution in [0.25, 0.3) is 39.5 Å². The van der Waals surface area contributed by atoms with Crippen LogP contribution in [0.1, 0.15) is 11.3 Å². The second-order valence-electron chi connectivity index (χ2n) is 7.53. The minimum Gasteiger partial charge on any atom is -0.313 e. The van der Waals surface area contributed by atoms with Gasteiger partial charge in [0.2, 0.25) is 5.82 Å². The number of rotatable bonds is 3. The van der Waals surface area contributed by atoms with Crippen molar-refractivity contribution in [1.29, 1.82) is 0 Å². The van der Waals surface area contributed by atoms with Gasteiger partial charge in [0, 0.05) is 22.5 Å².